The molecule has 1 unspecified atom stereocenters. The van der Waals surface area contributed by atoms with Crippen molar-refractivity contribution in [3.63, 3.8) is 0 Å². The van der Waals surface area contributed by atoms with Crippen molar-refractivity contribution in [3.05, 3.63) is 34.6 Å². The molecule has 21 heavy (non-hydrogen) atoms. The molecule has 0 saturated heterocycles. The van der Waals surface area contributed by atoms with Crippen molar-refractivity contribution in [1.82, 2.24) is 15.0 Å². The van der Waals surface area contributed by atoms with Crippen molar-refractivity contribution in [2.45, 2.75) is 26.8 Å². The van der Waals surface area contributed by atoms with E-state index in [1.165, 1.54) is 0 Å². The second-order valence-corrected chi connectivity index (χ2v) is 5.50. The van der Waals surface area contributed by atoms with Gasteiger partial charge in [0, 0.05) is 17.1 Å². The highest BCUT2D eigenvalue weighted by atomic mass is 35.5. The molecule has 0 aliphatic heterocycles. The number of hydrogen-bond donors (Lipinski definition) is 1. The van der Waals surface area contributed by atoms with Gasteiger partial charge in [0.1, 0.15) is 0 Å². The predicted molar refractivity (Wildman–Crippen MR) is 84.2 cm³/mol. The van der Waals surface area contributed by atoms with Gasteiger partial charge in [-0.15, -0.1) is 0 Å². The Bertz CT molecular complexity index is 575. The van der Waals surface area contributed by atoms with Gasteiger partial charge in [-0.1, -0.05) is 30.6 Å². The number of rotatable bonds is 6. The van der Waals surface area contributed by atoms with Crippen LogP contribution < -0.4 is 5.73 Å². The molecule has 6 heteroatoms. The molecule has 0 fully saturated rings. The lowest BCUT2D eigenvalue weighted by Crippen LogP contribution is -2.32. The molecule has 0 bridgehead atoms. The molecule has 0 amide bonds. The van der Waals surface area contributed by atoms with Crippen molar-refractivity contribution >= 4 is 11.6 Å². The van der Waals surface area contributed by atoms with Gasteiger partial charge in [0.25, 0.3) is 5.89 Å². The minimum absolute atomic E-state index is 0.261. The normalized spacial score (nSPS) is 12.9. The summed E-state index contributed by atoms with van der Waals surface area (Å²) in [5.41, 5.74) is 8.01. The maximum absolute atomic E-state index is 6.15. The van der Waals surface area contributed by atoms with Gasteiger partial charge >= 0.3 is 0 Å². The van der Waals surface area contributed by atoms with Gasteiger partial charge in [-0.05, 0) is 43.8 Å². The van der Waals surface area contributed by atoms with Crippen LogP contribution in [-0.2, 0) is 0 Å². The summed E-state index contributed by atoms with van der Waals surface area (Å²) in [4.78, 5) is 6.62. The van der Waals surface area contributed by atoms with E-state index in [0.717, 1.165) is 24.2 Å². The first kappa shape index (κ1) is 15.9. The van der Waals surface area contributed by atoms with Gasteiger partial charge in [0.15, 0.2) is 5.82 Å². The average molecular weight is 309 g/mol. The number of likely N-dealkylation sites (N-methyl/N-ethyl adjacent to an activating group) is 1. The lowest BCUT2D eigenvalue weighted by atomic mass is 10.1. The SMILES string of the molecule is CCN(CC)CC(N)c1noc(-c2cc(C)cc(Cl)c2)n1. The molecule has 0 spiro atoms. The topological polar surface area (TPSA) is 68.2 Å². The number of aromatic nitrogens is 2. The van der Waals surface area contributed by atoms with Crippen LogP contribution >= 0.6 is 11.6 Å². The fourth-order valence-corrected chi connectivity index (χ4v) is 2.49. The minimum atomic E-state index is -0.261. The van der Waals surface area contributed by atoms with Gasteiger partial charge in [0.05, 0.1) is 6.04 Å². The molecular weight excluding hydrogens is 288 g/mol. The highest BCUT2D eigenvalue weighted by Gasteiger charge is 2.17. The first-order valence-electron chi connectivity index (χ1n) is 7.12. The molecule has 2 N–H and O–H groups in total. The highest BCUT2D eigenvalue weighted by molar-refractivity contribution is 6.30. The molecule has 2 aromatic rings. The summed E-state index contributed by atoms with van der Waals surface area (Å²) >= 11 is 6.05. The second kappa shape index (κ2) is 7.02. The molecule has 0 saturated carbocycles. The Morgan fingerprint density at radius 1 is 1.29 bits per heavy atom. The minimum Gasteiger partial charge on any atom is -0.334 e. The Kier molecular flexibility index (Phi) is 5.33. The van der Waals surface area contributed by atoms with E-state index in [2.05, 4.69) is 28.9 Å². The molecule has 1 aromatic heterocycles. The van der Waals surface area contributed by atoms with Crippen LogP contribution in [0.25, 0.3) is 11.5 Å². The lowest BCUT2D eigenvalue weighted by molar-refractivity contribution is 0.278. The second-order valence-electron chi connectivity index (χ2n) is 5.07. The smallest absolute Gasteiger partial charge is 0.258 e. The number of halogens is 1. The molecule has 1 atom stereocenters. The number of nitrogens with two attached hydrogens (primary N) is 1. The first-order chi connectivity index (χ1) is 10.0. The molecule has 5 nitrogen and oxygen atoms in total. The summed E-state index contributed by atoms with van der Waals surface area (Å²) in [6.45, 7) is 8.78. The van der Waals surface area contributed by atoms with Gasteiger partial charge in [-0.3, -0.25) is 0 Å². The monoisotopic (exact) mass is 308 g/mol. The molecule has 1 aromatic carbocycles. The molecule has 0 aliphatic carbocycles. The van der Waals surface area contributed by atoms with E-state index < -0.39 is 0 Å². The zero-order valence-electron chi connectivity index (χ0n) is 12.6. The third kappa shape index (κ3) is 4.03. The quantitative estimate of drug-likeness (QED) is 0.888. The number of aryl methyl sites for hydroxylation is 1. The fourth-order valence-electron chi connectivity index (χ4n) is 2.20. The maximum atomic E-state index is 6.15. The van der Waals surface area contributed by atoms with Crippen LogP contribution in [0.1, 0.15) is 31.3 Å². The third-order valence-electron chi connectivity index (χ3n) is 3.41. The summed E-state index contributed by atoms with van der Waals surface area (Å²) in [6.07, 6.45) is 0. The van der Waals surface area contributed by atoms with E-state index in [-0.39, 0.29) is 6.04 Å². The molecule has 1 heterocycles. The Labute approximate surface area is 130 Å². The summed E-state index contributed by atoms with van der Waals surface area (Å²) in [6, 6.07) is 5.39. The molecule has 0 radical (unpaired) electrons. The number of hydrogen-bond acceptors (Lipinski definition) is 5. The van der Waals surface area contributed by atoms with Crippen molar-refractivity contribution in [3.8, 4) is 11.5 Å². The van der Waals surface area contributed by atoms with E-state index in [4.69, 9.17) is 21.9 Å². The summed E-state index contributed by atoms with van der Waals surface area (Å²) in [5.74, 6) is 0.972. The van der Waals surface area contributed by atoms with Crippen molar-refractivity contribution in [1.29, 1.82) is 0 Å². The predicted octanol–water partition coefficient (Wildman–Crippen LogP) is 3.04. The Morgan fingerprint density at radius 3 is 2.62 bits per heavy atom. The van der Waals surface area contributed by atoms with Crippen LogP contribution in [-0.4, -0.2) is 34.7 Å². The zero-order valence-corrected chi connectivity index (χ0v) is 13.4. The van der Waals surface area contributed by atoms with E-state index in [1.54, 1.807) is 0 Å². The maximum Gasteiger partial charge on any atom is 0.258 e. The molecular formula is C15H21ClN4O. The lowest BCUT2D eigenvalue weighted by Gasteiger charge is -2.20. The molecule has 0 aliphatic rings. The zero-order chi connectivity index (χ0) is 15.4. The average Bonchev–Trinajstić information content (AvgIpc) is 2.93. The Balaban J connectivity index is 2.17. The largest absolute Gasteiger partial charge is 0.334 e. The van der Waals surface area contributed by atoms with E-state index >= 15 is 0 Å². The fraction of sp³-hybridized carbons (Fsp3) is 0.467. The van der Waals surface area contributed by atoms with E-state index in [0.29, 0.717) is 23.3 Å². The van der Waals surface area contributed by atoms with Crippen molar-refractivity contribution < 1.29 is 4.52 Å². The Morgan fingerprint density at radius 2 is 2.00 bits per heavy atom. The molecule has 2 rings (SSSR count). The number of nitrogens with zero attached hydrogens (tertiary/aromatic N) is 3. The standard InChI is InChI=1S/C15H21ClN4O/c1-4-20(5-2)9-13(17)14-18-15(21-19-14)11-6-10(3)7-12(16)8-11/h6-8,13H,4-5,9,17H2,1-3H3. The summed E-state index contributed by atoms with van der Waals surface area (Å²) in [5, 5.41) is 4.64. The van der Waals surface area contributed by atoms with Crippen molar-refractivity contribution in [2.24, 2.45) is 5.73 Å². The third-order valence-corrected chi connectivity index (χ3v) is 3.63. The summed E-state index contributed by atoms with van der Waals surface area (Å²) in [7, 11) is 0. The van der Waals surface area contributed by atoms with Gasteiger partial charge in [-0.25, -0.2) is 0 Å². The van der Waals surface area contributed by atoms with Crippen LogP contribution in [0, 0.1) is 6.92 Å². The molecule has 114 valence electrons. The first-order valence-corrected chi connectivity index (χ1v) is 7.50. The van der Waals surface area contributed by atoms with Crippen LogP contribution in [0.4, 0.5) is 0 Å². The van der Waals surface area contributed by atoms with Crippen molar-refractivity contribution in [2.75, 3.05) is 19.6 Å². The van der Waals surface area contributed by atoms with Gasteiger partial charge in [-0.2, -0.15) is 4.98 Å². The van der Waals surface area contributed by atoms with Crippen LogP contribution in [0.3, 0.4) is 0 Å². The van der Waals surface area contributed by atoms with Crippen LogP contribution in [0.5, 0.6) is 0 Å². The van der Waals surface area contributed by atoms with E-state index in [1.807, 2.05) is 25.1 Å². The van der Waals surface area contributed by atoms with Crippen LogP contribution in [0.2, 0.25) is 5.02 Å². The van der Waals surface area contributed by atoms with E-state index in [9.17, 15) is 0 Å². The van der Waals surface area contributed by atoms with Crippen LogP contribution in [0.15, 0.2) is 22.7 Å². The summed E-state index contributed by atoms with van der Waals surface area (Å²) < 4.78 is 5.31. The van der Waals surface area contributed by atoms with Gasteiger partial charge in [0.2, 0.25) is 0 Å². The number of benzene rings is 1. The Hall–Kier alpha value is -1.43. The highest BCUT2D eigenvalue weighted by Crippen LogP contribution is 2.24. The van der Waals surface area contributed by atoms with Gasteiger partial charge < -0.3 is 15.2 Å².